The van der Waals surface area contributed by atoms with E-state index in [1.807, 2.05) is 13.8 Å². The van der Waals surface area contributed by atoms with E-state index in [4.69, 9.17) is 17.4 Å². The Morgan fingerprint density at radius 3 is 2.80 bits per heavy atom. The van der Waals surface area contributed by atoms with Crippen molar-refractivity contribution in [2.75, 3.05) is 11.9 Å². The molecule has 0 radical (unpaired) electrons. The van der Waals surface area contributed by atoms with Gasteiger partial charge in [0.15, 0.2) is 0 Å². The first-order valence-electron chi connectivity index (χ1n) is 6.28. The monoisotopic (exact) mass is 299 g/mol. The Kier molecular flexibility index (Phi) is 6.38. The van der Waals surface area contributed by atoms with Gasteiger partial charge < -0.3 is 11.2 Å². The maximum absolute atomic E-state index is 12.7. The van der Waals surface area contributed by atoms with E-state index in [0.29, 0.717) is 16.4 Å². The summed E-state index contributed by atoms with van der Waals surface area (Å²) in [4.78, 5) is 7.97. The molecule has 0 fully saturated rings. The van der Waals surface area contributed by atoms with Crippen molar-refractivity contribution in [3.8, 4) is 0 Å². The van der Waals surface area contributed by atoms with Crippen molar-refractivity contribution in [1.82, 2.24) is 4.98 Å². The number of alkyl halides is 1. The standard InChI is InChI=1S/C13H19ClFN5/c1-8(2)19-11-4-13(14)18-6-10(11)12(20-16)7-17-5-9(3)15/h4,6-9H,5,16H2,1-3H3,(H,18,19). The molecule has 0 spiro atoms. The molecular weight excluding hydrogens is 281 g/mol. The second kappa shape index (κ2) is 7.79. The number of nitrogens with one attached hydrogen (secondary N) is 1. The number of aromatic nitrogens is 1. The fraction of sp³-hybridized carbons (Fsp3) is 0.462. The molecule has 7 heteroatoms. The number of halogens is 2. The Morgan fingerprint density at radius 2 is 2.25 bits per heavy atom. The molecule has 1 aromatic heterocycles. The van der Waals surface area contributed by atoms with Gasteiger partial charge in [-0.25, -0.2) is 9.37 Å². The lowest BCUT2D eigenvalue weighted by atomic mass is 10.1. The van der Waals surface area contributed by atoms with E-state index in [0.717, 1.165) is 5.69 Å². The summed E-state index contributed by atoms with van der Waals surface area (Å²) in [5.74, 6) is 5.37. The van der Waals surface area contributed by atoms with Crippen molar-refractivity contribution in [3.05, 3.63) is 23.0 Å². The molecule has 3 N–H and O–H groups in total. The van der Waals surface area contributed by atoms with Gasteiger partial charge in [0, 0.05) is 29.7 Å². The average molecular weight is 300 g/mol. The van der Waals surface area contributed by atoms with E-state index in [2.05, 4.69) is 20.4 Å². The van der Waals surface area contributed by atoms with Crippen molar-refractivity contribution in [2.24, 2.45) is 15.9 Å². The molecule has 0 aliphatic carbocycles. The molecule has 0 amide bonds. The number of anilines is 1. The van der Waals surface area contributed by atoms with Crippen LogP contribution >= 0.6 is 11.6 Å². The molecule has 0 aromatic carbocycles. The van der Waals surface area contributed by atoms with Gasteiger partial charge in [0.2, 0.25) is 0 Å². The molecule has 0 bridgehead atoms. The van der Waals surface area contributed by atoms with Gasteiger partial charge in [-0.15, -0.1) is 0 Å². The quantitative estimate of drug-likeness (QED) is 0.367. The lowest BCUT2D eigenvalue weighted by molar-refractivity contribution is 0.371. The van der Waals surface area contributed by atoms with E-state index in [1.54, 1.807) is 12.3 Å². The van der Waals surface area contributed by atoms with Crippen LogP contribution in [0.25, 0.3) is 0 Å². The highest BCUT2D eigenvalue weighted by Crippen LogP contribution is 2.20. The number of hydrogen-bond donors (Lipinski definition) is 2. The van der Waals surface area contributed by atoms with Crippen molar-refractivity contribution in [1.29, 1.82) is 0 Å². The van der Waals surface area contributed by atoms with Gasteiger partial charge in [0.1, 0.15) is 17.0 Å². The molecule has 0 saturated heterocycles. The Bertz CT molecular complexity index is 500. The van der Waals surface area contributed by atoms with Gasteiger partial charge in [-0.2, -0.15) is 5.10 Å². The minimum Gasteiger partial charge on any atom is -0.382 e. The Morgan fingerprint density at radius 1 is 1.55 bits per heavy atom. The van der Waals surface area contributed by atoms with E-state index in [1.165, 1.54) is 13.1 Å². The van der Waals surface area contributed by atoms with E-state index in [-0.39, 0.29) is 12.6 Å². The summed E-state index contributed by atoms with van der Waals surface area (Å²) in [6.07, 6.45) is 1.98. The predicted molar refractivity (Wildman–Crippen MR) is 82.7 cm³/mol. The molecule has 1 atom stereocenters. The van der Waals surface area contributed by atoms with Crippen molar-refractivity contribution < 1.29 is 4.39 Å². The van der Waals surface area contributed by atoms with Crippen LogP contribution in [0.5, 0.6) is 0 Å². The molecule has 0 saturated carbocycles. The highest BCUT2D eigenvalue weighted by atomic mass is 35.5. The zero-order chi connectivity index (χ0) is 15.1. The molecule has 1 aromatic rings. The SMILES string of the molecule is CC(F)CN=CC(=NN)c1cnc(Cl)cc1NC(C)C. The second-order valence-corrected chi connectivity index (χ2v) is 5.03. The summed E-state index contributed by atoms with van der Waals surface area (Å²) < 4.78 is 12.7. The molecule has 1 rings (SSSR count). The first-order valence-corrected chi connectivity index (χ1v) is 6.66. The Hall–Kier alpha value is -1.69. The summed E-state index contributed by atoms with van der Waals surface area (Å²) in [6.45, 7) is 5.49. The topological polar surface area (TPSA) is 75.7 Å². The zero-order valence-electron chi connectivity index (χ0n) is 11.8. The number of rotatable bonds is 6. The number of nitrogens with zero attached hydrogens (tertiary/aromatic N) is 3. The molecule has 20 heavy (non-hydrogen) atoms. The first-order chi connectivity index (χ1) is 9.43. The third kappa shape index (κ3) is 5.13. The van der Waals surface area contributed by atoms with Gasteiger partial charge in [-0.1, -0.05) is 11.6 Å². The lowest BCUT2D eigenvalue weighted by Gasteiger charge is -2.14. The van der Waals surface area contributed by atoms with Crippen LogP contribution in [0.2, 0.25) is 5.15 Å². The van der Waals surface area contributed by atoms with E-state index >= 15 is 0 Å². The maximum atomic E-state index is 12.7. The highest BCUT2D eigenvalue weighted by molar-refractivity contribution is 6.39. The minimum absolute atomic E-state index is 0.0625. The van der Waals surface area contributed by atoms with Crippen LogP contribution in [0.4, 0.5) is 10.1 Å². The molecule has 1 unspecified atom stereocenters. The van der Waals surface area contributed by atoms with E-state index < -0.39 is 6.17 Å². The molecule has 1 heterocycles. The number of pyridine rings is 1. The van der Waals surface area contributed by atoms with Crippen molar-refractivity contribution in [2.45, 2.75) is 33.0 Å². The number of hydrazone groups is 1. The van der Waals surface area contributed by atoms with Crippen molar-refractivity contribution >= 4 is 29.2 Å². The highest BCUT2D eigenvalue weighted by Gasteiger charge is 2.10. The molecule has 5 nitrogen and oxygen atoms in total. The van der Waals surface area contributed by atoms with Crippen LogP contribution in [0, 0.1) is 0 Å². The second-order valence-electron chi connectivity index (χ2n) is 4.64. The summed E-state index contributed by atoms with van der Waals surface area (Å²) in [6, 6.07) is 1.89. The number of hydrogen-bond acceptors (Lipinski definition) is 5. The van der Waals surface area contributed by atoms with Crippen molar-refractivity contribution in [3.63, 3.8) is 0 Å². The van der Waals surface area contributed by atoms with Gasteiger partial charge in [-0.3, -0.25) is 4.99 Å². The number of aliphatic imine (C=N–C) groups is 1. The van der Waals surface area contributed by atoms with E-state index in [9.17, 15) is 4.39 Å². The van der Waals surface area contributed by atoms with Crippen LogP contribution in [0.3, 0.4) is 0 Å². The van der Waals surface area contributed by atoms with Gasteiger partial charge in [-0.05, 0) is 26.8 Å². The molecule has 0 aliphatic rings. The van der Waals surface area contributed by atoms with Gasteiger partial charge in [0.05, 0.1) is 6.54 Å². The summed E-state index contributed by atoms with van der Waals surface area (Å²) in [5, 5.41) is 7.27. The number of nitrogens with two attached hydrogens (primary N) is 1. The lowest BCUT2D eigenvalue weighted by Crippen LogP contribution is -2.16. The van der Waals surface area contributed by atoms with Gasteiger partial charge in [0.25, 0.3) is 0 Å². The fourth-order valence-corrected chi connectivity index (χ4v) is 1.68. The minimum atomic E-state index is -1.01. The summed E-state index contributed by atoms with van der Waals surface area (Å²) in [7, 11) is 0. The Labute approximate surface area is 123 Å². The van der Waals surface area contributed by atoms with Crippen LogP contribution in [0.1, 0.15) is 26.3 Å². The average Bonchev–Trinajstić information content (AvgIpc) is 2.34. The van der Waals surface area contributed by atoms with Crippen LogP contribution in [0.15, 0.2) is 22.4 Å². The van der Waals surface area contributed by atoms with Crippen LogP contribution < -0.4 is 11.2 Å². The smallest absolute Gasteiger partial charge is 0.131 e. The largest absolute Gasteiger partial charge is 0.382 e. The molecule has 0 aliphatic heterocycles. The third-order valence-electron chi connectivity index (χ3n) is 2.30. The Balaban J connectivity index is 3.06. The molecular formula is C13H19ClFN5. The molecule has 110 valence electrons. The third-order valence-corrected chi connectivity index (χ3v) is 2.51. The summed E-state index contributed by atoms with van der Waals surface area (Å²) >= 11 is 5.89. The zero-order valence-corrected chi connectivity index (χ0v) is 12.5. The predicted octanol–water partition coefficient (Wildman–Crippen LogP) is 2.65. The fourth-order valence-electron chi connectivity index (χ4n) is 1.52. The van der Waals surface area contributed by atoms with Crippen LogP contribution in [-0.4, -0.2) is 35.7 Å². The first kappa shape index (κ1) is 16.4. The van der Waals surface area contributed by atoms with Crippen LogP contribution in [-0.2, 0) is 0 Å². The van der Waals surface area contributed by atoms with Gasteiger partial charge >= 0.3 is 0 Å². The summed E-state index contributed by atoms with van der Waals surface area (Å²) in [5.41, 5.74) is 1.84. The maximum Gasteiger partial charge on any atom is 0.131 e. The normalized spacial score (nSPS) is 14.0.